The van der Waals surface area contributed by atoms with Gasteiger partial charge in [-0.2, -0.15) is 0 Å². The summed E-state index contributed by atoms with van der Waals surface area (Å²) in [6.45, 7) is 1.88. The maximum absolute atomic E-state index is 12.2. The van der Waals surface area contributed by atoms with Crippen molar-refractivity contribution in [3.8, 4) is 0 Å². The number of carbonyl (C=O) groups excluding carboxylic acids is 1. The van der Waals surface area contributed by atoms with Gasteiger partial charge in [-0.3, -0.25) is 4.79 Å². The predicted molar refractivity (Wildman–Crippen MR) is 76.7 cm³/mol. The van der Waals surface area contributed by atoms with Crippen molar-refractivity contribution < 1.29 is 4.79 Å². The van der Waals surface area contributed by atoms with Crippen molar-refractivity contribution in [1.29, 1.82) is 0 Å². The number of ketones is 1. The quantitative estimate of drug-likeness (QED) is 0.673. The van der Waals surface area contributed by atoms with Crippen molar-refractivity contribution >= 4 is 38.5 Å². The molecular weight excluding hydrogens is 262 g/mol. The Kier molecular flexibility index (Phi) is 2.97. The van der Waals surface area contributed by atoms with Gasteiger partial charge in [0.25, 0.3) is 0 Å². The van der Waals surface area contributed by atoms with Crippen molar-refractivity contribution in [1.82, 2.24) is 4.98 Å². The highest BCUT2D eigenvalue weighted by Crippen LogP contribution is 2.27. The summed E-state index contributed by atoms with van der Waals surface area (Å²) >= 11 is 3.12. The molecule has 3 rings (SSSR count). The third-order valence-electron chi connectivity index (χ3n) is 2.91. The molecule has 0 saturated carbocycles. The highest BCUT2D eigenvalue weighted by atomic mass is 32.1. The molecule has 0 bridgehead atoms. The minimum absolute atomic E-state index is 0.165. The number of Topliss-reactive ketones (excluding diaryl/α,β-unsaturated/α-hetero) is 1. The predicted octanol–water partition coefficient (Wildman–Crippen LogP) is 4.09. The third-order valence-corrected chi connectivity index (χ3v) is 4.89. The van der Waals surface area contributed by atoms with Crippen LogP contribution < -0.4 is 0 Å². The van der Waals surface area contributed by atoms with Gasteiger partial charge in [-0.1, -0.05) is 18.2 Å². The lowest BCUT2D eigenvalue weighted by atomic mass is 10.1. The van der Waals surface area contributed by atoms with Gasteiger partial charge >= 0.3 is 0 Å². The average molecular weight is 273 g/mol. The Morgan fingerprint density at radius 1 is 1.28 bits per heavy atom. The Morgan fingerprint density at radius 2 is 2.11 bits per heavy atom. The maximum atomic E-state index is 12.2. The van der Waals surface area contributed by atoms with Crippen molar-refractivity contribution in [2.24, 2.45) is 0 Å². The van der Waals surface area contributed by atoms with E-state index in [4.69, 9.17) is 0 Å². The van der Waals surface area contributed by atoms with Crippen LogP contribution in [-0.4, -0.2) is 10.8 Å². The highest BCUT2D eigenvalue weighted by Gasteiger charge is 2.14. The number of nitrogens with zero attached hydrogens (tertiary/aromatic N) is 1. The van der Waals surface area contributed by atoms with Crippen LogP contribution in [0.5, 0.6) is 0 Å². The van der Waals surface area contributed by atoms with E-state index in [9.17, 15) is 4.79 Å². The van der Waals surface area contributed by atoms with Crippen LogP contribution in [0, 0.1) is 6.92 Å². The highest BCUT2D eigenvalue weighted by molar-refractivity contribution is 7.17. The molecule has 0 saturated heterocycles. The molecule has 0 amide bonds. The zero-order valence-electron chi connectivity index (χ0n) is 9.84. The van der Waals surface area contributed by atoms with Crippen LogP contribution in [-0.2, 0) is 6.42 Å². The minimum atomic E-state index is 0.165. The number of rotatable bonds is 3. The number of aromatic nitrogens is 1. The largest absolute Gasteiger partial charge is 0.293 e. The van der Waals surface area contributed by atoms with Gasteiger partial charge in [0.15, 0.2) is 5.78 Å². The van der Waals surface area contributed by atoms with Crippen LogP contribution in [0.3, 0.4) is 0 Å². The first-order valence-corrected chi connectivity index (χ1v) is 7.40. The molecule has 90 valence electrons. The molecule has 3 aromatic rings. The van der Waals surface area contributed by atoms with Crippen molar-refractivity contribution in [2.75, 3.05) is 0 Å². The van der Waals surface area contributed by atoms with E-state index in [1.165, 1.54) is 21.4 Å². The van der Waals surface area contributed by atoms with E-state index in [0.717, 1.165) is 16.1 Å². The molecule has 2 aromatic heterocycles. The Hall–Kier alpha value is -1.52. The lowest BCUT2D eigenvalue weighted by Crippen LogP contribution is -2.02. The summed E-state index contributed by atoms with van der Waals surface area (Å²) < 4.78 is 1.24. The van der Waals surface area contributed by atoms with Gasteiger partial charge in [-0.25, -0.2) is 4.98 Å². The molecule has 4 heteroatoms. The first-order chi connectivity index (χ1) is 8.75. The Morgan fingerprint density at radius 3 is 2.89 bits per heavy atom. The fraction of sp³-hybridized carbons (Fsp3) is 0.143. The standard InChI is InChI=1S/C14H11NOS2/c1-9-14(18-8-15-9)12(16)6-10-7-17-13-5-3-2-4-11(10)13/h2-5,7-8H,6H2,1H3. The number of thiazole rings is 1. The van der Waals surface area contributed by atoms with Gasteiger partial charge in [0, 0.05) is 11.1 Å². The Labute approximate surface area is 113 Å². The molecule has 0 N–H and O–H groups in total. The second kappa shape index (κ2) is 4.63. The Bertz CT molecular complexity index is 711. The summed E-state index contributed by atoms with van der Waals surface area (Å²) in [6, 6.07) is 8.21. The average Bonchev–Trinajstić information content (AvgIpc) is 2.97. The van der Waals surface area contributed by atoms with Gasteiger partial charge in [0.2, 0.25) is 0 Å². The molecule has 0 aliphatic carbocycles. The molecule has 0 unspecified atom stereocenters. The first-order valence-electron chi connectivity index (χ1n) is 5.64. The number of aryl methyl sites for hydroxylation is 1. The molecule has 0 aliphatic rings. The molecule has 0 spiro atoms. The monoisotopic (exact) mass is 273 g/mol. The molecule has 0 radical (unpaired) electrons. The molecule has 2 heterocycles. The maximum Gasteiger partial charge on any atom is 0.179 e. The fourth-order valence-corrected chi connectivity index (χ4v) is 3.70. The zero-order valence-corrected chi connectivity index (χ0v) is 11.5. The second-order valence-corrected chi connectivity index (χ2v) is 5.89. The molecular formula is C14H11NOS2. The van der Waals surface area contributed by atoms with Crippen molar-refractivity contribution in [3.63, 3.8) is 0 Å². The van der Waals surface area contributed by atoms with Crippen LogP contribution in [0.4, 0.5) is 0 Å². The van der Waals surface area contributed by atoms with Crippen LogP contribution in [0.25, 0.3) is 10.1 Å². The van der Waals surface area contributed by atoms with Crippen LogP contribution in [0.15, 0.2) is 35.2 Å². The summed E-state index contributed by atoms with van der Waals surface area (Å²) in [6.07, 6.45) is 0.465. The van der Waals surface area contributed by atoms with E-state index in [-0.39, 0.29) is 5.78 Å². The van der Waals surface area contributed by atoms with E-state index < -0.39 is 0 Å². The van der Waals surface area contributed by atoms with Crippen LogP contribution in [0.2, 0.25) is 0 Å². The molecule has 0 aliphatic heterocycles. The van der Waals surface area contributed by atoms with Crippen LogP contribution in [0.1, 0.15) is 20.9 Å². The summed E-state index contributed by atoms with van der Waals surface area (Å²) in [5.74, 6) is 0.165. The summed E-state index contributed by atoms with van der Waals surface area (Å²) in [4.78, 5) is 17.1. The van der Waals surface area contributed by atoms with E-state index in [2.05, 4.69) is 22.5 Å². The van der Waals surface area contributed by atoms with Gasteiger partial charge in [-0.15, -0.1) is 22.7 Å². The van der Waals surface area contributed by atoms with Crippen molar-refractivity contribution in [3.05, 3.63) is 51.3 Å². The second-order valence-electron chi connectivity index (χ2n) is 4.12. The summed E-state index contributed by atoms with van der Waals surface area (Å²) in [7, 11) is 0. The number of hydrogen-bond acceptors (Lipinski definition) is 4. The number of fused-ring (bicyclic) bond motifs is 1. The smallest absolute Gasteiger partial charge is 0.179 e. The summed E-state index contributed by atoms with van der Waals surface area (Å²) in [5.41, 5.74) is 3.69. The molecule has 18 heavy (non-hydrogen) atoms. The molecule has 2 nitrogen and oxygen atoms in total. The number of carbonyl (C=O) groups is 1. The zero-order chi connectivity index (χ0) is 12.5. The molecule has 1 aromatic carbocycles. The fourth-order valence-electron chi connectivity index (χ4n) is 1.99. The lowest BCUT2D eigenvalue weighted by molar-refractivity contribution is 0.0996. The minimum Gasteiger partial charge on any atom is -0.293 e. The first kappa shape index (κ1) is 11.6. The number of hydrogen-bond donors (Lipinski definition) is 0. The van der Waals surface area contributed by atoms with E-state index in [0.29, 0.717) is 6.42 Å². The number of benzene rings is 1. The number of thiophene rings is 1. The summed E-state index contributed by atoms with van der Waals surface area (Å²) in [5, 5.41) is 3.27. The third kappa shape index (κ3) is 1.98. The van der Waals surface area contributed by atoms with Gasteiger partial charge < -0.3 is 0 Å². The van der Waals surface area contributed by atoms with Gasteiger partial charge in [-0.05, 0) is 29.3 Å². The molecule has 0 fully saturated rings. The topological polar surface area (TPSA) is 30.0 Å². The Balaban J connectivity index is 1.93. The van der Waals surface area contributed by atoms with E-state index >= 15 is 0 Å². The van der Waals surface area contributed by atoms with Gasteiger partial charge in [0.1, 0.15) is 0 Å². The SMILES string of the molecule is Cc1ncsc1C(=O)Cc1csc2ccccc12. The van der Waals surface area contributed by atoms with Gasteiger partial charge in [0.05, 0.1) is 16.1 Å². The van der Waals surface area contributed by atoms with E-state index in [1.807, 2.05) is 19.1 Å². The van der Waals surface area contributed by atoms with Crippen LogP contribution >= 0.6 is 22.7 Å². The lowest BCUT2D eigenvalue weighted by Gasteiger charge is -1.98. The normalized spacial score (nSPS) is 10.9. The molecule has 0 atom stereocenters. The van der Waals surface area contributed by atoms with E-state index in [1.54, 1.807) is 16.8 Å². The van der Waals surface area contributed by atoms with Crippen molar-refractivity contribution in [2.45, 2.75) is 13.3 Å².